The minimum Gasteiger partial charge on any atom is -0.497 e. The van der Waals surface area contributed by atoms with Gasteiger partial charge in [0.25, 0.3) is 0 Å². The van der Waals surface area contributed by atoms with Crippen LogP contribution in [0.3, 0.4) is 0 Å². The maximum atomic E-state index is 13.4. The fourth-order valence-corrected chi connectivity index (χ4v) is 2.84. The topological polar surface area (TPSA) is 42.2 Å². The molecule has 3 aromatic rings. The van der Waals surface area contributed by atoms with E-state index in [1.165, 1.54) is 12.1 Å². The predicted octanol–water partition coefficient (Wildman–Crippen LogP) is 6.13. The second-order valence-corrected chi connectivity index (χ2v) is 6.44. The standard InChI is InChI=1S/C23H17ClFNO2/c1-27-22-8-5-17(6-9-22)19(14-26)12-18-13-20(24)7-10-23(18)28-15-16-3-2-4-21(25)11-16/h2-13H,15H2,1H3/b19-12+. The fraction of sp³-hybridized carbons (Fsp3) is 0.0870. The first kappa shape index (κ1) is 19.5. The van der Waals surface area contributed by atoms with Gasteiger partial charge in [-0.25, -0.2) is 4.39 Å². The molecule has 0 aliphatic carbocycles. The van der Waals surface area contributed by atoms with Crippen LogP contribution < -0.4 is 9.47 Å². The zero-order valence-corrected chi connectivity index (χ0v) is 15.9. The Kier molecular flexibility index (Phi) is 6.31. The van der Waals surface area contributed by atoms with Crippen molar-refractivity contribution in [2.75, 3.05) is 7.11 Å². The van der Waals surface area contributed by atoms with Crippen molar-refractivity contribution in [1.82, 2.24) is 0 Å². The van der Waals surface area contributed by atoms with Gasteiger partial charge in [-0.05, 0) is 71.8 Å². The number of benzene rings is 3. The van der Waals surface area contributed by atoms with Gasteiger partial charge in [0, 0.05) is 10.6 Å². The summed E-state index contributed by atoms with van der Waals surface area (Å²) < 4.78 is 24.4. The molecule has 3 nitrogen and oxygen atoms in total. The van der Waals surface area contributed by atoms with Crippen molar-refractivity contribution in [3.63, 3.8) is 0 Å². The van der Waals surface area contributed by atoms with Crippen molar-refractivity contribution >= 4 is 23.3 Å². The molecule has 0 saturated heterocycles. The third-order valence-electron chi connectivity index (χ3n) is 4.08. The van der Waals surface area contributed by atoms with Crippen molar-refractivity contribution in [2.45, 2.75) is 6.61 Å². The van der Waals surface area contributed by atoms with Crippen LogP contribution in [-0.2, 0) is 6.61 Å². The SMILES string of the molecule is COc1ccc(/C(C#N)=C/c2cc(Cl)ccc2OCc2cccc(F)c2)cc1. The van der Waals surface area contributed by atoms with E-state index in [-0.39, 0.29) is 12.4 Å². The third kappa shape index (κ3) is 4.91. The van der Waals surface area contributed by atoms with E-state index in [0.29, 0.717) is 33.2 Å². The Bertz CT molecular complexity index is 1040. The maximum absolute atomic E-state index is 13.4. The number of hydrogen-bond donors (Lipinski definition) is 0. The van der Waals surface area contributed by atoms with Crippen LogP contribution in [0.4, 0.5) is 4.39 Å². The summed E-state index contributed by atoms with van der Waals surface area (Å²) in [6.45, 7) is 0.199. The first-order valence-electron chi connectivity index (χ1n) is 8.52. The molecular formula is C23H17ClFNO2. The normalized spacial score (nSPS) is 11.0. The zero-order chi connectivity index (χ0) is 19.9. The smallest absolute Gasteiger partial charge is 0.127 e. The van der Waals surface area contributed by atoms with E-state index in [0.717, 1.165) is 5.56 Å². The minimum atomic E-state index is -0.316. The van der Waals surface area contributed by atoms with Crippen LogP contribution in [-0.4, -0.2) is 7.11 Å². The number of ether oxygens (including phenoxy) is 2. The Morgan fingerprint density at radius 1 is 1.11 bits per heavy atom. The Morgan fingerprint density at radius 3 is 2.57 bits per heavy atom. The molecule has 140 valence electrons. The van der Waals surface area contributed by atoms with Gasteiger partial charge in [-0.2, -0.15) is 5.26 Å². The van der Waals surface area contributed by atoms with E-state index in [1.807, 2.05) is 12.1 Å². The lowest BCUT2D eigenvalue weighted by Gasteiger charge is -2.11. The monoisotopic (exact) mass is 393 g/mol. The molecule has 3 aromatic carbocycles. The maximum Gasteiger partial charge on any atom is 0.127 e. The summed E-state index contributed by atoms with van der Waals surface area (Å²) >= 11 is 6.13. The number of hydrogen-bond acceptors (Lipinski definition) is 3. The predicted molar refractivity (Wildman–Crippen MR) is 109 cm³/mol. The second kappa shape index (κ2) is 9.07. The number of halogens is 2. The van der Waals surface area contributed by atoms with Gasteiger partial charge >= 0.3 is 0 Å². The van der Waals surface area contributed by atoms with Crippen LogP contribution >= 0.6 is 11.6 Å². The third-order valence-corrected chi connectivity index (χ3v) is 4.31. The highest BCUT2D eigenvalue weighted by atomic mass is 35.5. The summed E-state index contributed by atoms with van der Waals surface area (Å²) in [5.41, 5.74) is 2.58. The van der Waals surface area contributed by atoms with Gasteiger partial charge in [-0.3, -0.25) is 0 Å². The molecule has 0 aromatic heterocycles. The van der Waals surface area contributed by atoms with E-state index >= 15 is 0 Å². The molecular weight excluding hydrogens is 377 g/mol. The fourth-order valence-electron chi connectivity index (χ4n) is 2.66. The van der Waals surface area contributed by atoms with Gasteiger partial charge in [-0.1, -0.05) is 23.7 Å². The molecule has 5 heteroatoms. The molecule has 3 rings (SSSR count). The van der Waals surface area contributed by atoms with Gasteiger partial charge in [0.05, 0.1) is 18.8 Å². The lowest BCUT2D eigenvalue weighted by molar-refractivity contribution is 0.305. The van der Waals surface area contributed by atoms with Crippen LogP contribution in [0.2, 0.25) is 5.02 Å². The van der Waals surface area contributed by atoms with Crippen molar-refractivity contribution in [2.24, 2.45) is 0 Å². The van der Waals surface area contributed by atoms with Crippen molar-refractivity contribution in [3.05, 3.63) is 94.3 Å². The summed E-state index contributed by atoms with van der Waals surface area (Å²) in [7, 11) is 1.59. The number of allylic oxidation sites excluding steroid dienone is 1. The Morgan fingerprint density at radius 2 is 1.89 bits per heavy atom. The second-order valence-electron chi connectivity index (χ2n) is 6.00. The van der Waals surface area contributed by atoms with Crippen molar-refractivity contribution in [1.29, 1.82) is 5.26 Å². The Balaban J connectivity index is 1.90. The largest absolute Gasteiger partial charge is 0.497 e. The van der Waals surface area contributed by atoms with E-state index in [2.05, 4.69) is 6.07 Å². The highest BCUT2D eigenvalue weighted by Gasteiger charge is 2.08. The van der Waals surface area contributed by atoms with E-state index in [1.54, 1.807) is 55.7 Å². The van der Waals surface area contributed by atoms with Crippen LogP contribution in [0.15, 0.2) is 66.7 Å². The number of nitrogens with zero attached hydrogens (tertiary/aromatic N) is 1. The first-order chi connectivity index (χ1) is 13.6. The van der Waals surface area contributed by atoms with Crippen LogP contribution in [0, 0.1) is 17.1 Å². The Labute approximate surface area is 168 Å². The van der Waals surface area contributed by atoms with Crippen LogP contribution in [0.1, 0.15) is 16.7 Å². The molecule has 28 heavy (non-hydrogen) atoms. The van der Waals surface area contributed by atoms with Gasteiger partial charge in [-0.15, -0.1) is 0 Å². The highest BCUT2D eigenvalue weighted by molar-refractivity contribution is 6.30. The van der Waals surface area contributed by atoms with Gasteiger partial charge < -0.3 is 9.47 Å². The summed E-state index contributed by atoms with van der Waals surface area (Å²) in [5.74, 6) is 0.946. The molecule has 0 aliphatic rings. The highest BCUT2D eigenvalue weighted by Crippen LogP contribution is 2.29. The number of nitriles is 1. The summed E-state index contributed by atoms with van der Waals surface area (Å²) in [5, 5.41) is 10.1. The molecule has 0 bridgehead atoms. The number of methoxy groups -OCH3 is 1. The molecule has 0 N–H and O–H groups in total. The summed E-state index contributed by atoms with van der Waals surface area (Å²) in [4.78, 5) is 0. The molecule has 0 heterocycles. The molecule has 0 fully saturated rings. The number of rotatable bonds is 6. The van der Waals surface area contributed by atoms with Crippen molar-refractivity contribution < 1.29 is 13.9 Å². The van der Waals surface area contributed by atoms with Gasteiger partial charge in [0.15, 0.2) is 0 Å². The Hall–Kier alpha value is -3.29. The molecule has 0 radical (unpaired) electrons. The molecule has 0 spiro atoms. The van der Waals surface area contributed by atoms with Gasteiger partial charge in [0.1, 0.15) is 23.9 Å². The average Bonchev–Trinajstić information content (AvgIpc) is 2.71. The zero-order valence-electron chi connectivity index (χ0n) is 15.2. The summed E-state index contributed by atoms with van der Waals surface area (Å²) in [6, 6.07) is 20.8. The average molecular weight is 394 g/mol. The molecule has 0 unspecified atom stereocenters. The first-order valence-corrected chi connectivity index (χ1v) is 8.90. The van der Waals surface area contributed by atoms with E-state index < -0.39 is 0 Å². The summed E-state index contributed by atoms with van der Waals surface area (Å²) in [6.07, 6.45) is 1.72. The molecule has 0 aliphatic heterocycles. The molecule has 0 atom stereocenters. The minimum absolute atomic E-state index is 0.199. The van der Waals surface area contributed by atoms with Crippen LogP contribution in [0.25, 0.3) is 11.6 Å². The van der Waals surface area contributed by atoms with E-state index in [9.17, 15) is 9.65 Å². The quantitative estimate of drug-likeness (QED) is 0.373. The van der Waals surface area contributed by atoms with Crippen molar-refractivity contribution in [3.8, 4) is 17.6 Å². The van der Waals surface area contributed by atoms with E-state index in [4.69, 9.17) is 21.1 Å². The lowest BCUT2D eigenvalue weighted by atomic mass is 10.0. The molecule has 0 amide bonds. The van der Waals surface area contributed by atoms with Crippen LogP contribution in [0.5, 0.6) is 11.5 Å². The lowest BCUT2D eigenvalue weighted by Crippen LogP contribution is -1.97. The van der Waals surface area contributed by atoms with Gasteiger partial charge in [0.2, 0.25) is 0 Å². The molecule has 0 saturated carbocycles.